The molecule has 10 heteroatoms. The molecule has 0 aromatic heterocycles. The molecule has 4 rings (SSSR count). The van der Waals surface area contributed by atoms with Crippen molar-refractivity contribution < 1.29 is 22.8 Å². The van der Waals surface area contributed by atoms with E-state index in [1.165, 1.54) is 9.21 Å². The second-order valence-corrected chi connectivity index (χ2v) is 11.7. The number of imide groups is 1. The number of urea groups is 1. The van der Waals surface area contributed by atoms with E-state index >= 15 is 0 Å². The van der Waals surface area contributed by atoms with E-state index in [9.17, 15) is 22.8 Å². The molecule has 1 aliphatic carbocycles. The maximum absolute atomic E-state index is 13.1. The van der Waals surface area contributed by atoms with Gasteiger partial charge in [0.1, 0.15) is 12.1 Å². The lowest BCUT2D eigenvalue weighted by molar-refractivity contribution is -0.140. The van der Waals surface area contributed by atoms with Gasteiger partial charge in [0.05, 0.1) is 4.90 Å². The molecule has 1 aromatic rings. The van der Waals surface area contributed by atoms with Crippen LogP contribution < -0.4 is 5.32 Å². The highest BCUT2D eigenvalue weighted by Gasteiger charge is 2.52. The lowest BCUT2D eigenvalue weighted by Gasteiger charge is -2.35. The van der Waals surface area contributed by atoms with Crippen molar-refractivity contribution in [3.63, 3.8) is 0 Å². The maximum Gasteiger partial charge on any atom is 0.325 e. The van der Waals surface area contributed by atoms with E-state index in [1.54, 1.807) is 19.1 Å². The van der Waals surface area contributed by atoms with Crippen LogP contribution in [0.3, 0.4) is 0 Å². The highest BCUT2D eigenvalue weighted by atomic mass is 32.2. The Balaban J connectivity index is 1.36. The minimum absolute atomic E-state index is 0.171. The molecule has 0 unspecified atom stereocenters. The standard InChI is InChI=1S/C24H34N4O5S/c1-4-19-7-9-24(10-8-19)22(30)28(23(31)25-24)16-21(29)26-11-13-27(14-12-26)34(32,33)20-6-5-17(2)15-18(20)3/h5-6,15,19H,4,7-14,16H2,1-3H3,(H,25,31). The fraction of sp³-hybridized carbons (Fsp3) is 0.625. The van der Waals surface area contributed by atoms with Crippen LogP contribution in [0.25, 0.3) is 0 Å². The molecule has 9 nitrogen and oxygen atoms in total. The zero-order chi connectivity index (χ0) is 24.7. The molecule has 0 bridgehead atoms. The van der Waals surface area contributed by atoms with E-state index in [1.807, 2.05) is 13.0 Å². The lowest BCUT2D eigenvalue weighted by atomic mass is 9.75. The number of nitrogens with zero attached hydrogens (tertiary/aromatic N) is 3. The van der Waals surface area contributed by atoms with E-state index in [0.717, 1.165) is 29.7 Å². The molecule has 34 heavy (non-hydrogen) atoms. The number of hydrogen-bond donors (Lipinski definition) is 1. The summed E-state index contributed by atoms with van der Waals surface area (Å²) < 4.78 is 27.6. The van der Waals surface area contributed by atoms with Gasteiger partial charge in [-0.05, 0) is 57.1 Å². The summed E-state index contributed by atoms with van der Waals surface area (Å²) in [5.74, 6) is -0.0786. The Morgan fingerprint density at radius 1 is 1.09 bits per heavy atom. The third-order valence-corrected chi connectivity index (χ3v) is 9.67. The summed E-state index contributed by atoms with van der Waals surface area (Å²) in [6.07, 6.45) is 4.06. The minimum Gasteiger partial charge on any atom is -0.338 e. The first-order valence-electron chi connectivity index (χ1n) is 12.1. The van der Waals surface area contributed by atoms with E-state index < -0.39 is 21.6 Å². The Hall–Kier alpha value is -2.46. The average Bonchev–Trinajstić information content (AvgIpc) is 3.03. The van der Waals surface area contributed by atoms with Crippen LogP contribution in [0.15, 0.2) is 23.1 Å². The molecule has 1 N–H and O–H groups in total. The molecule has 0 atom stereocenters. The van der Waals surface area contributed by atoms with E-state index in [4.69, 9.17) is 0 Å². The number of benzene rings is 1. The van der Waals surface area contributed by atoms with E-state index in [0.29, 0.717) is 24.3 Å². The fourth-order valence-electron chi connectivity index (χ4n) is 5.38. The molecule has 3 aliphatic rings. The van der Waals surface area contributed by atoms with Crippen molar-refractivity contribution in [1.82, 2.24) is 19.4 Å². The Labute approximate surface area is 201 Å². The number of rotatable bonds is 5. The van der Waals surface area contributed by atoms with Gasteiger partial charge in [0, 0.05) is 26.2 Å². The van der Waals surface area contributed by atoms with Crippen molar-refractivity contribution in [2.45, 2.75) is 63.3 Å². The van der Waals surface area contributed by atoms with Crippen molar-refractivity contribution in [3.8, 4) is 0 Å². The maximum atomic E-state index is 13.1. The normalized spacial score (nSPS) is 26.3. The van der Waals surface area contributed by atoms with Crippen molar-refractivity contribution in [2.24, 2.45) is 5.92 Å². The van der Waals surface area contributed by atoms with Gasteiger partial charge in [-0.3, -0.25) is 14.5 Å². The van der Waals surface area contributed by atoms with Crippen LogP contribution in [-0.2, 0) is 19.6 Å². The minimum atomic E-state index is -3.66. The number of hydrogen-bond acceptors (Lipinski definition) is 5. The Morgan fingerprint density at radius 2 is 1.74 bits per heavy atom. The number of amides is 4. The SMILES string of the molecule is CCC1CCC2(CC1)NC(=O)N(CC(=O)N1CCN(S(=O)(=O)c3ccc(C)cc3C)CC1)C2=O. The van der Waals surface area contributed by atoms with Gasteiger partial charge in [0.2, 0.25) is 15.9 Å². The highest BCUT2D eigenvalue weighted by Crippen LogP contribution is 2.37. The molecule has 1 saturated carbocycles. The van der Waals surface area contributed by atoms with Crippen LogP contribution in [0.1, 0.15) is 50.2 Å². The molecular formula is C24H34N4O5S. The Bertz CT molecular complexity index is 1090. The molecular weight excluding hydrogens is 456 g/mol. The van der Waals surface area contributed by atoms with Gasteiger partial charge in [-0.15, -0.1) is 0 Å². The van der Waals surface area contributed by atoms with Gasteiger partial charge in [0.15, 0.2) is 0 Å². The third kappa shape index (κ3) is 4.45. The summed E-state index contributed by atoms with van der Waals surface area (Å²) in [6, 6.07) is 4.73. The molecule has 4 amide bonds. The number of piperazine rings is 1. The van der Waals surface area contributed by atoms with Gasteiger partial charge in [-0.25, -0.2) is 13.2 Å². The van der Waals surface area contributed by atoms with Crippen molar-refractivity contribution in [3.05, 3.63) is 29.3 Å². The van der Waals surface area contributed by atoms with E-state index in [-0.39, 0.29) is 49.4 Å². The fourth-order valence-corrected chi connectivity index (χ4v) is 7.01. The van der Waals surface area contributed by atoms with Crippen LogP contribution >= 0.6 is 0 Å². The number of aryl methyl sites for hydroxylation is 2. The van der Waals surface area contributed by atoms with Crippen molar-refractivity contribution >= 4 is 27.9 Å². The summed E-state index contributed by atoms with van der Waals surface area (Å²) in [4.78, 5) is 41.4. The van der Waals surface area contributed by atoms with Gasteiger partial charge in [0.25, 0.3) is 5.91 Å². The summed E-state index contributed by atoms with van der Waals surface area (Å²) >= 11 is 0. The zero-order valence-electron chi connectivity index (χ0n) is 20.2. The Kier molecular flexibility index (Phi) is 6.74. The topological polar surface area (TPSA) is 107 Å². The molecule has 2 heterocycles. The molecule has 1 spiro atoms. The average molecular weight is 491 g/mol. The molecule has 2 aliphatic heterocycles. The number of carbonyl (C=O) groups is 3. The molecule has 186 valence electrons. The van der Waals surface area contributed by atoms with Crippen LogP contribution in [0.5, 0.6) is 0 Å². The molecule has 1 aromatic carbocycles. The lowest BCUT2D eigenvalue weighted by Crippen LogP contribution is -2.53. The largest absolute Gasteiger partial charge is 0.338 e. The quantitative estimate of drug-likeness (QED) is 0.636. The molecule has 0 radical (unpaired) electrons. The Morgan fingerprint density at radius 3 is 2.32 bits per heavy atom. The highest BCUT2D eigenvalue weighted by molar-refractivity contribution is 7.89. The van der Waals surface area contributed by atoms with Crippen LogP contribution in [0.4, 0.5) is 4.79 Å². The van der Waals surface area contributed by atoms with Gasteiger partial charge >= 0.3 is 6.03 Å². The number of nitrogens with one attached hydrogen (secondary N) is 1. The molecule has 3 fully saturated rings. The van der Waals surface area contributed by atoms with Gasteiger partial charge in [-0.1, -0.05) is 31.0 Å². The summed E-state index contributed by atoms with van der Waals surface area (Å²) in [5, 5.41) is 2.86. The summed E-state index contributed by atoms with van der Waals surface area (Å²) in [6.45, 7) is 6.29. The van der Waals surface area contributed by atoms with Crippen molar-refractivity contribution in [2.75, 3.05) is 32.7 Å². The number of sulfonamides is 1. The molecule has 2 saturated heterocycles. The number of carbonyl (C=O) groups excluding carboxylic acids is 3. The second kappa shape index (κ2) is 9.30. The predicted octanol–water partition coefficient (Wildman–Crippen LogP) is 2.03. The van der Waals surface area contributed by atoms with E-state index in [2.05, 4.69) is 12.2 Å². The monoisotopic (exact) mass is 490 g/mol. The first-order valence-corrected chi connectivity index (χ1v) is 13.5. The van der Waals surface area contributed by atoms with Gasteiger partial charge in [-0.2, -0.15) is 4.31 Å². The van der Waals surface area contributed by atoms with Gasteiger partial charge < -0.3 is 10.2 Å². The van der Waals surface area contributed by atoms with Crippen LogP contribution in [0.2, 0.25) is 0 Å². The zero-order valence-corrected chi connectivity index (χ0v) is 21.0. The van der Waals surface area contributed by atoms with Crippen molar-refractivity contribution in [1.29, 1.82) is 0 Å². The summed E-state index contributed by atoms with van der Waals surface area (Å²) in [7, 11) is -3.66. The first-order chi connectivity index (χ1) is 16.1. The predicted molar refractivity (Wildman–Crippen MR) is 126 cm³/mol. The summed E-state index contributed by atoms with van der Waals surface area (Å²) in [5.41, 5.74) is 0.813. The third-order valence-electron chi connectivity index (χ3n) is 7.61. The van der Waals surface area contributed by atoms with Crippen LogP contribution in [0, 0.1) is 19.8 Å². The smallest absolute Gasteiger partial charge is 0.325 e. The van der Waals surface area contributed by atoms with Crippen LogP contribution in [-0.4, -0.2) is 78.6 Å². The second-order valence-electron chi connectivity index (χ2n) is 9.81. The first kappa shape index (κ1) is 24.7.